The number of aryl methyl sites for hydroxylation is 2. The Balaban J connectivity index is 1.56. The van der Waals surface area contributed by atoms with Crippen molar-refractivity contribution < 1.29 is 4.74 Å². The second kappa shape index (κ2) is 9.98. The average molecular weight is 584 g/mol. The van der Waals surface area contributed by atoms with Crippen LogP contribution in [-0.2, 0) is 0 Å². The van der Waals surface area contributed by atoms with Gasteiger partial charge in [0.15, 0.2) is 0 Å². The van der Waals surface area contributed by atoms with Crippen LogP contribution in [0.3, 0.4) is 0 Å². The van der Waals surface area contributed by atoms with E-state index in [1.165, 1.54) is 42.4 Å². The van der Waals surface area contributed by atoms with Crippen LogP contribution in [0.25, 0.3) is 33.3 Å². The zero-order valence-electron chi connectivity index (χ0n) is 22.7. The molecule has 2 heterocycles. The van der Waals surface area contributed by atoms with Crippen molar-refractivity contribution in [3.05, 3.63) is 126 Å². The third kappa shape index (κ3) is 4.17. The van der Waals surface area contributed by atoms with E-state index in [1.54, 1.807) is 7.11 Å². The normalized spacial score (nSPS) is 12.2. The van der Waals surface area contributed by atoms with Gasteiger partial charge in [-0.05, 0) is 0 Å². The summed E-state index contributed by atoms with van der Waals surface area (Å²) in [6, 6.07) is 41.3. The molecule has 0 saturated carbocycles. The number of methoxy groups -OCH3 is 1. The minimum absolute atomic E-state index is 0.249. The maximum absolute atomic E-state index is 5.47. The second-order valence-corrected chi connectivity index (χ2v) is 12.4. The van der Waals surface area contributed by atoms with Crippen molar-refractivity contribution in [1.82, 2.24) is 4.98 Å². The Morgan fingerprint density at radius 2 is 1.27 bits per heavy atom. The van der Waals surface area contributed by atoms with Crippen molar-refractivity contribution in [2.24, 2.45) is 0 Å². The minimum atomic E-state index is 0.249. The van der Waals surface area contributed by atoms with Crippen molar-refractivity contribution in [2.45, 2.75) is 13.8 Å². The van der Waals surface area contributed by atoms with Crippen LogP contribution < -0.4 is 18.6 Å². The molecule has 0 spiro atoms. The molecule has 40 heavy (non-hydrogen) atoms. The molecule has 0 saturated heterocycles. The third-order valence-electron chi connectivity index (χ3n) is 7.57. The number of ether oxygens (including phenoxy) is 1. The van der Waals surface area contributed by atoms with Crippen LogP contribution in [0.15, 0.2) is 115 Å². The summed E-state index contributed by atoms with van der Waals surface area (Å²) in [5.74, 6) is 0.849. The molecule has 0 aliphatic carbocycles. The molecule has 0 N–H and O–H groups in total. The summed E-state index contributed by atoms with van der Waals surface area (Å²) in [5, 5.41) is 1.17. The van der Waals surface area contributed by atoms with Crippen molar-refractivity contribution in [1.29, 1.82) is 0 Å². The molecule has 4 heteroatoms. The van der Waals surface area contributed by atoms with Crippen LogP contribution in [0.2, 0.25) is 0 Å². The van der Waals surface area contributed by atoms with Gasteiger partial charge >= 0.3 is 235 Å². The Kier molecular flexibility index (Phi) is 6.15. The molecule has 1 aliphatic rings. The van der Waals surface area contributed by atoms with Crippen LogP contribution in [0, 0.1) is 13.8 Å². The summed E-state index contributed by atoms with van der Waals surface area (Å²) in [5.41, 5.74) is 11.4. The van der Waals surface area contributed by atoms with Gasteiger partial charge in [-0.3, -0.25) is 0 Å². The predicted molar refractivity (Wildman–Crippen MR) is 168 cm³/mol. The van der Waals surface area contributed by atoms with E-state index in [9.17, 15) is 0 Å². The fourth-order valence-electron chi connectivity index (χ4n) is 5.51. The van der Waals surface area contributed by atoms with Gasteiger partial charge in [0.05, 0.1) is 7.11 Å². The third-order valence-corrected chi connectivity index (χ3v) is 9.94. The molecule has 7 rings (SSSR count). The summed E-state index contributed by atoms with van der Waals surface area (Å²) >= 11 is 0.249. The van der Waals surface area contributed by atoms with Gasteiger partial charge in [-0.1, -0.05) is 0 Å². The number of para-hydroxylation sites is 2. The van der Waals surface area contributed by atoms with Crippen LogP contribution in [-0.4, -0.2) is 27.1 Å². The number of anilines is 3. The Morgan fingerprint density at radius 3 is 1.93 bits per heavy atom. The van der Waals surface area contributed by atoms with Gasteiger partial charge < -0.3 is 0 Å². The summed E-state index contributed by atoms with van der Waals surface area (Å²) < 4.78 is 8.23. The summed E-state index contributed by atoms with van der Waals surface area (Å²) in [4.78, 5) is 7.83. The zero-order valence-corrected chi connectivity index (χ0v) is 24.4. The maximum atomic E-state index is 5.47. The van der Waals surface area contributed by atoms with Gasteiger partial charge in [0, 0.05) is 0 Å². The molecule has 0 atom stereocenters. The molecule has 0 unspecified atom stereocenters. The first kappa shape index (κ1) is 24.7. The number of fused-ring (bicyclic) bond motifs is 3. The molecule has 0 radical (unpaired) electrons. The van der Waals surface area contributed by atoms with Crippen LogP contribution in [0.4, 0.5) is 17.1 Å². The zero-order chi connectivity index (χ0) is 27.2. The van der Waals surface area contributed by atoms with Crippen LogP contribution >= 0.6 is 0 Å². The predicted octanol–water partition coefficient (Wildman–Crippen LogP) is 7.63. The van der Waals surface area contributed by atoms with E-state index >= 15 is 0 Å². The number of rotatable bonds is 4. The SMILES string of the molecule is COc1ccc(-c2cc(-c3ccc(C)cc3)nc3c(N4c5ccccc5[Se]c5ccccc54)ccc(C)c23)cc1. The summed E-state index contributed by atoms with van der Waals surface area (Å²) in [6.45, 7) is 4.31. The number of pyridine rings is 1. The molecule has 5 aromatic carbocycles. The fourth-order valence-corrected chi connectivity index (χ4v) is 7.73. The molecule has 0 fully saturated rings. The van der Waals surface area contributed by atoms with Crippen molar-refractivity contribution in [3.63, 3.8) is 0 Å². The molecular weight excluding hydrogens is 555 g/mol. The number of nitrogens with zero attached hydrogens (tertiary/aromatic N) is 2. The molecule has 3 nitrogen and oxygen atoms in total. The van der Waals surface area contributed by atoms with E-state index in [2.05, 4.69) is 122 Å². The molecule has 0 bridgehead atoms. The Morgan fingerprint density at radius 1 is 0.650 bits per heavy atom. The first-order chi connectivity index (χ1) is 19.6. The standard InChI is InChI=1S/C36H28N2OSe/c1-23-12-15-26(16-13-23)29-22-28(25-17-19-27(39-3)20-18-25)35-24(2)14-21-32(36(35)37-29)38-30-8-4-6-10-33(30)40-34-11-7-5-9-31(34)38/h4-22H,1-3H3. The average Bonchev–Trinajstić information content (AvgIpc) is 3.00. The number of hydrogen-bond acceptors (Lipinski definition) is 3. The molecule has 194 valence electrons. The summed E-state index contributed by atoms with van der Waals surface area (Å²) in [6.07, 6.45) is 0. The molecular formula is C36H28N2OSe. The van der Waals surface area contributed by atoms with Gasteiger partial charge in [0.25, 0.3) is 0 Å². The van der Waals surface area contributed by atoms with Crippen LogP contribution in [0.1, 0.15) is 11.1 Å². The van der Waals surface area contributed by atoms with Gasteiger partial charge in [0.1, 0.15) is 0 Å². The van der Waals surface area contributed by atoms with Crippen LogP contribution in [0.5, 0.6) is 5.75 Å². The Hall–Kier alpha value is -4.37. The second-order valence-electron chi connectivity index (χ2n) is 10.1. The summed E-state index contributed by atoms with van der Waals surface area (Å²) in [7, 11) is 1.71. The van der Waals surface area contributed by atoms with E-state index in [-0.39, 0.29) is 15.0 Å². The van der Waals surface area contributed by atoms with Gasteiger partial charge in [-0.2, -0.15) is 0 Å². The molecule has 0 amide bonds. The van der Waals surface area contributed by atoms with E-state index in [0.717, 1.165) is 33.8 Å². The molecule has 6 aromatic rings. The van der Waals surface area contributed by atoms with Gasteiger partial charge in [-0.15, -0.1) is 0 Å². The number of hydrogen-bond donors (Lipinski definition) is 0. The molecule has 1 aromatic heterocycles. The van der Waals surface area contributed by atoms with E-state index in [1.807, 2.05) is 12.1 Å². The first-order valence-corrected chi connectivity index (χ1v) is 15.1. The quantitative estimate of drug-likeness (QED) is 0.199. The number of aromatic nitrogens is 1. The van der Waals surface area contributed by atoms with Crippen molar-refractivity contribution in [3.8, 4) is 28.1 Å². The van der Waals surface area contributed by atoms with Crippen molar-refractivity contribution in [2.75, 3.05) is 12.0 Å². The Bertz CT molecular complexity index is 1830. The van der Waals surface area contributed by atoms with Crippen molar-refractivity contribution >= 4 is 51.8 Å². The fraction of sp³-hybridized carbons (Fsp3) is 0.0833. The monoisotopic (exact) mass is 584 g/mol. The van der Waals surface area contributed by atoms with E-state index in [0.29, 0.717) is 0 Å². The van der Waals surface area contributed by atoms with E-state index in [4.69, 9.17) is 9.72 Å². The Labute approximate surface area is 241 Å². The number of benzene rings is 5. The topological polar surface area (TPSA) is 25.4 Å². The first-order valence-electron chi connectivity index (χ1n) is 13.4. The van der Waals surface area contributed by atoms with Gasteiger partial charge in [-0.25, -0.2) is 0 Å². The van der Waals surface area contributed by atoms with E-state index < -0.39 is 0 Å². The van der Waals surface area contributed by atoms with Gasteiger partial charge in [0.2, 0.25) is 0 Å². The molecule has 1 aliphatic heterocycles.